The van der Waals surface area contributed by atoms with Crippen LogP contribution in [0.25, 0.3) is 11.4 Å². The van der Waals surface area contributed by atoms with E-state index in [2.05, 4.69) is 31.8 Å². The molecule has 2 fully saturated rings. The van der Waals surface area contributed by atoms with E-state index in [0.29, 0.717) is 35.6 Å². The SMILES string of the molecule is CCN1CCN(C(=O)c2ccc(N3CCO[C@H]([C@@H](OC(C)=O)C(=O)Nc4ccc(-c5noc(=O)[nH]5)cc4)C3=O)cc2)CC1. The van der Waals surface area contributed by atoms with E-state index < -0.39 is 35.7 Å². The Balaban J connectivity index is 1.26. The van der Waals surface area contributed by atoms with Gasteiger partial charge in [-0.1, -0.05) is 12.1 Å². The number of hydrogen-bond donors (Lipinski definition) is 2. The van der Waals surface area contributed by atoms with Gasteiger partial charge in [0.05, 0.1) is 6.61 Å². The molecule has 2 aliphatic rings. The highest BCUT2D eigenvalue weighted by Gasteiger charge is 2.42. The molecule has 2 saturated heterocycles. The van der Waals surface area contributed by atoms with Gasteiger partial charge in [0.15, 0.2) is 11.9 Å². The fraction of sp³-hybridized carbons (Fsp3) is 0.379. The van der Waals surface area contributed by atoms with Crippen molar-refractivity contribution in [1.82, 2.24) is 19.9 Å². The lowest BCUT2D eigenvalue weighted by Gasteiger charge is -2.35. The first-order valence-corrected chi connectivity index (χ1v) is 13.9. The summed E-state index contributed by atoms with van der Waals surface area (Å²) in [5, 5.41) is 6.25. The smallest absolute Gasteiger partial charge is 0.439 e. The lowest BCUT2D eigenvalue weighted by molar-refractivity contribution is -0.167. The van der Waals surface area contributed by atoms with E-state index in [1.165, 1.54) is 4.90 Å². The van der Waals surface area contributed by atoms with Crippen molar-refractivity contribution < 1.29 is 33.2 Å². The van der Waals surface area contributed by atoms with E-state index in [1.54, 1.807) is 48.5 Å². The summed E-state index contributed by atoms with van der Waals surface area (Å²) >= 11 is 0. The number of morpholine rings is 1. The largest absolute Gasteiger partial charge is 0.449 e. The molecule has 14 heteroatoms. The Hall–Kier alpha value is -4.82. The summed E-state index contributed by atoms with van der Waals surface area (Å²) in [6.45, 7) is 7.46. The second kappa shape index (κ2) is 13.0. The number of rotatable bonds is 8. The van der Waals surface area contributed by atoms with Gasteiger partial charge in [0.2, 0.25) is 6.10 Å². The number of anilines is 2. The minimum Gasteiger partial charge on any atom is -0.449 e. The van der Waals surface area contributed by atoms with E-state index >= 15 is 0 Å². The van der Waals surface area contributed by atoms with E-state index in [-0.39, 0.29) is 24.9 Å². The van der Waals surface area contributed by atoms with Gasteiger partial charge >= 0.3 is 11.7 Å². The number of benzene rings is 2. The van der Waals surface area contributed by atoms with Crippen molar-refractivity contribution in [3.63, 3.8) is 0 Å². The number of carbonyl (C=O) groups excluding carboxylic acids is 4. The molecule has 2 N–H and O–H groups in total. The predicted octanol–water partition coefficient (Wildman–Crippen LogP) is 1.11. The van der Waals surface area contributed by atoms with Crippen LogP contribution in [-0.2, 0) is 23.9 Å². The molecule has 43 heavy (non-hydrogen) atoms. The second-order valence-corrected chi connectivity index (χ2v) is 10.1. The third-order valence-corrected chi connectivity index (χ3v) is 7.35. The molecule has 0 bridgehead atoms. The van der Waals surface area contributed by atoms with E-state index in [9.17, 15) is 24.0 Å². The molecule has 5 rings (SSSR count). The molecule has 1 aromatic heterocycles. The zero-order chi connectivity index (χ0) is 30.5. The fourth-order valence-electron chi connectivity index (χ4n) is 5.02. The number of aromatic nitrogens is 2. The number of hydrogen-bond acceptors (Lipinski definition) is 10. The standard InChI is InChI=1S/C29H32N6O8/c1-3-33-12-14-34(15-13-33)27(38)20-6-10-22(11-7-20)35-16-17-41-24(28(35)39)23(42-18(2)36)26(37)30-21-8-4-19(5-9-21)25-31-29(40)43-32-25/h4-11,23-24H,3,12-17H2,1-2H3,(H,30,37)(H,31,32,40)/t23-,24-/m1/s1. The molecule has 0 radical (unpaired) electrons. The summed E-state index contributed by atoms with van der Waals surface area (Å²) in [5.41, 5.74) is 1.92. The summed E-state index contributed by atoms with van der Waals surface area (Å²) in [6, 6.07) is 13.0. The summed E-state index contributed by atoms with van der Waals surface area (Å²) in [6.07, 6.45) is -2.96. The monoisotopic (exact) mass is 592 g/mol. The van der Waals surface area contributed by atoms with Crippen LogP contribution in [0.5, 0.6) is 0 Å². The Morgan fingerprint density at radius 1 is 1.02 bits per heavy atom. The third kappa shape index (κ3) is 6.81. The highest BCUT2D eigenvalue weighted by atomic mass is 16.6. The van der Waals surface area contributed by atoms with Crippen molar-refractivity contribution in [2.45, 2.75) is 26.1 Å². The minimum atomic E-state index is -1.57. The molecule has 0 saturated carbocycles. The maximum atomic E-state index is 13.5. The highest BCUT2D eigenvalue weighted by Crippen LogP contribution is 2.24. The Kier molecular flexibility index (Phi) is 8.97. The van der Waals surface area contributed by atoms with Crippen LogP contribution in [0.1, 0.15) is 24.2 Å². The van der Waals surface area contributed by atoms with Gasteiger partial charge in [0.1, 0.15) is 0 Å². The van der Waals surface area contributed by atoms with Gasteiger partial charge in [0, 0.05) is 62.1 Å². The van der Waals surface area contributed by atoms with Crippen LogP contribution in [0.2, 0.25) is 0 Å². The Morgan fingerprint density at radius 3 is 2.33 bits per heavy atom. The summed E-state index contributed by atoms with van der Waals surface area (Å²) in [4.78, 5) is 70.9. The predicted molar refractivity (Wildman–Crippen MR) is 153 cm³/mol. The first kappa shape index (κ1) is 29.7. The quantitative estimate of drug-likeness (QED) is 0.362. The van der Waals surface area contributed by atoms with Gasteiger partial charge in [0.25, 0.3) is 17.7 Å². The van der Waals surface area contributed by atoms with E-state index in [0.717, 1.165) is 26.6 Å². The molecule has 2 atom stereocenters. The number of carbonyl (C=O) groups is 4. The van der Waals surface area contributed by atoms with Crippen LogP contribution in [0, 0.1) is 0 Å². The maximum absolute atomic E-state index is 13.5. The molecular formula is C29H32N6O8. The van der Waals surface area contributed by atoms with Crippen molar-refractivity contribution in [3.8, 4) is 11.4 Å². The molecule has 2 aliphatic heterocycles. The van der Waals surface area contributed by atoms with Crippen molar-refractivity contribution in [2.75, 3.05) is 56.1 Å². The number of amides is 3. The van der Waals surface area contributed by atoms with Crippen molar-refractivity contribution in [1.29, 1.82) is 0 Å². The number of aromatic amines is 1. The molecule has 3 amide bonds. The molecule has 226 valence electrons. The molecule has 3 heterocycles. The van der Waals surface area contributed by atoms with Gasteiger partial charge < -0.3 is 29.5 Å². The molecule has 2 aromatic carbocycles. The molecule has 0 spiro atoms. The van der Waals surface area contributed by atoms with Crippen LogP contribution in [0.3, 0.4) is 0 Å². The van der Waals surface area contributed by atoms with Crippen molar-refractivity contribution in [2.24, 2.45) is 0 Å². The summed E-state index contributed by atoms with van der Waals surface area (Å²) in [5.74, 6) is -2.64. The topological polar surface area (TPSA) is 167 Å². The number of piperazine rings is 1. The van der Waals surface area contributed by atoms with E-state index in [4.69, 9.17) is 9.47 Å². The lowest BCUT2D eigenvalue weighted by Crippen LogP contribution is -2.56. The first-order valence-electron chi connectivity index (χ1n) is 13.9. The first-order chi connectivity index (χ1) is 20.7. The fourth-order valence-corrected chi connectivity index (χ4v) is 5.02. The molecule has 14 nitrogen and oxygen atoms in total. The normalized spacial score (nSPS) is 18.3. The average molecular weight is 593 g/mol. The maximum Gasteiger partial charge on any atom is 0.439 e. The molecule has 0 unspecified atom stereocenters. The van der Waals surface area contributed by atoms with Crippen LogP contribution < -0.4 is 16.0 Å². The highest BCUT2D eigenvalue weighted by molar-refractivity contribution is 6.05. The average Bonchev–Trinajstić information content (AvgIpc) is 3.46. The van der Waals surface area contributed by atoms with Crippen molar-refractivity contribution >= 4 is 35.1 Å². The number of esters is 1. The second-order valence-electron chi connectivity index (χ2n) is 10.1. The van der Waals surface area contributed by atoms with Crippen LogP contribution in [0.4, 0.5) is 11.4 Å². The molecular weight excluding hydrogens is 560 g/mol. The number of nitrogens with one attached hydrogen (secondary N) is 2. The zero-order valence-corrected chi connectivity index (χ0v) is 23.8. The van der Waals surface area contributed by atoms with Crippen LogP contribution in [0.15, 0.2) is 57.8 Å². The summed E-state index contributed by atoms with van der Waals surface area (Å²) < 4.78 is 15.4. The number of H-pyrrole nitrogens is 1. The lowest BCUT2D eigenvalue weighted by atomic mass is 10.1. The zero-order valence-electron chi connectivity index (χ0n) is 23.8. The Bertz CT molecular complexity index is 1530. The Morgan fingerprint density at radius 2 is 1.72 bits per heavy atom. The van der Waals surface area contributed by atoms with Gasteiger partial charge in [-0.25, -0.2) is 4.79 Å². The minimum absolute atomic E-state index is 0.0672. The number of nitrogens with zero attached hydrogens (tertiary/aromatic N) is 4. The third-order valence-electron chi connectivity index (χ3n) is 7.35. The van der Waals surface area contributed by atoms with Crippen molar-refractivity contribution in [3.05, 3.63) is 64.6 Å². The van der Waals surface area contributed by atoms with Gasteiger partial charge in [-0.05, 0) is 55.1 Å². The van der Waals surface area contributed by atoms with Gasteiger partial charge in [-0.15, -0.1) is 0 Å². The van der Waals surface area contributed by atoms with E-state index in [1.807, 2.05) is 4.90 Å². The molecule has 0 aliphatic carbocycles. The van der Waals surface area contributed by atoms with Crippen LogP contribution in [-0.4, -0.2) is 102 Å². The van der Waals surface area contributed by atoms with Gasteiger partial charge in [-0.2, -0.15) is 0 Å². The van der Waals surface area contributed by atoms with Crippen LogP contribution >= 0.6 is 0 Å². The number of ether oxygens (including phenoxy) is 2. The molecule has 3 aromatic rings. The number of likely N-dealkylation sites (N-methyl/N-ethyl adjacent to an activating group) is 1. The Labute approximate surface area is 246 Å². The summed E-state index contributed by atoms with van der Waals surface area (Å²) in [7, 11) is 0. The van der Waals surface area contributed by atoms with Gasteiger partial charge in [-0.3, -0.25) is 28.7 Å².